The number of hydrogen-bond acceptors (Lipinski definition) is 6. The summed E-state index contributed by atoms with van der Waals surface area (Å²) in [4.78, 5) is 26.8. The van der Waals surface area contributed by atoms with Crippen LogP contribution in [-0.4, -0.2) is 43.9 Å². The number of aryl methyl sites for hydroxylation is 1. The van der Waals surface area contributed by atoms with Crippen LogP contribution in [0.2, 0.25) is 0 Å². The topological polar surface area (TPSA) is 81.4 Å². The van der Waals surface area contributed by atoms with Crippen LogP contribution in [0.5, 0.6) is 5.88 Å². The van der Waals surface area contributed by atoms with Gasteiger partial charge in [-0.15, -0.1) is 0 Å². The van der Waals surface area contributed by atoms with Gasteiger partial charge in [0.05, 0.1) is 35.8 Å². The van der Waals surface area contributed by atoms with Gasteiger partial charge >= 0.3 is 6.18 Å². The first-order valence-electron chi connectivity index (χ1n) is 10.2. The molecule has 1 aromatic carbocycles. The maximum absolute atomic E-state index is 13.6. The van der Waals surface area contributed by atoms with Crippen LogP contribution in [0.1, 0.15) is 40.9 Å². The Morgan fingerprint density at radius 3 is 2.72 bits per heavy atom. The fourth-order valence-electron chi connectivity index (χ4n) is 4.67. The highest BCUT2D eigenvalue weighted by Crippen LogP contribution is 2.41. The predicted molar refractivity (Wildman–Crippen MR) is 106 cm³/mol. The van der Waals surface area contributed by atoms with E-state index < -0.39 is 11.9 Å². The number of alkyl halides is 3. The lowest BCUT2D eigenvalue weighted by Gasteiger charge is -2.25. The lowest BCUT2D eigenvalue weighted by Crippen LogP contribution is -2.39. The Kier molecular flexibility index (Phi) is 4.87. The smallest absolute Gasteiger partial charge is 0.434 e. The van der Waals surface area contributed by atoms with Crippen LogP contribution in [0.15, 0.2) is 47.5 Å². The van der Waals surface area contributed by atoms with E-state index in [0.717, 1.165) is 24.6 Å². The SMILES string of the molecule is Cc1cccc(C(=O)N2C3CCC2C(Oc2cnc(C(F)(F)F)cn2)C3)c1-c1ncco1. The first-order chi connectivity index (χ1) is 15.3. The zero-order valence-electron chi connectivity index (χ0n) is 17.0. The Hall–Kier alpha value is -3.43. The fraction of sp³-hybridized carbons (Fsp3) is 0.364. The molecule has 32 heavy (non-hydrogen) atoms. The molecule has 0 aliphatic carbocycles. The molecule has 0 radical (unpaired) electrons. The predicted octanol–water partition coefficient (Wildman–Crippen LogP) is 4.28. The van der Waals surface area contributed by atoms with E-state index in [-0.39, 0.29) is 30.0 Å². The first kappa shape index (κ1) is 20.5. The molecule has 2 fully saturated rings. The largest absolute Gasteiger partial charge is 0.471 e. The molecule has 3 aromatic rings. The molecule has 1 amide bonds. The van der Waals surface area contributed by atoms with Gasteiger partial charge in [0.1, 0.15) is 12.4 Å². The average molecular weight is 444 g/mol. The molecule has 2 aliphatic rings. The fourth-order valence-corrected chi connectivity index (χ4v) is 4.67. The first-order valence-corrected chi connectivity index (χ1v) is 10.2. The van der Waals surface area contributed by atoms with Gasteiger partial charge in [0.15, 0.2) is 5.69 Å². The lowest BCUT2D eigenvalue weighted by atomic mass is 9.98. The van der Waals surface area contributed by atoms with Gasteiger partial charge in [-0.1, -0.05) is 12.1 Å². The van der Waals surface area contributed by atoms with E-state index in [9.17, 15) is 18.0 Å². The third-order valence-electron chi connectivity index (χ3n) is 6.05. The molecule has 5 rings (SSSR count). The molecule has 7 nitrogen and oxygen atoms in total. The maximum Gasteiger partial charge on any atom is 0.434 e. The minimum Gasteiger partial charge on any atom is -0.471 e. The van der Waals surface area contributed by atoms with Gasteiger partial charge in [-0.3, -0.25) is 4.79 Å². The number of benzene rings is 1. The standard InChI is InChI=1S/C22H19F3N4O3/c1-12-3-2-4-14(19(12)20-26-7-8-31-20)21(30)29-13-5-6-15(29)16(9-13)32-18-11-27-17(10-28-18)22(23,24)25/h2-4,7-8,10-11,13,15-16H,5-6,9H2,1H3. The minimum atomic E-state index is -4.56. The molecule has 0 spiro atoms. The second kappa shape index (κ2) is 7.61. The van der Waals surface area contributed by atoms with Crippen molar-refractivity contribution < 1.29 is 27.1 Å². The number of hydrogen-bond donors (Lipinski definition) is 0. The summed E-state index contributed by atoms with van der Waals surface area (Å²) in [6.07, 6.45) is 1.87. The molecule has 0 saturated carbocycles. The third kappa shape index (κ3) is 3.49. The summed E-state index contributed by atoms with van der Waals surface area (Å²) >= 11 is 0. The van der Waals surface area contributed by atoms with Gasteiger partial charge in [0, 0.05) is 12.5 Å². The quantitative estimate of drug-likeness (QED) is 0.598. The summed E-state index contributed by atoms with van der Waals surface area (Å²) in [6, 6.07) is 5.25. The van der Waals surface area contributed by atoms with Gasteiger partial charge < -0.3 is 14.1 Å². The molecule has 2 saturated heterocycles. The van der Waals surface area contributed by atoms with Crippen molar-refractivity contribution >= 4 is 5.91 Å². The second-order valence-electron chi connectivity index (χ2n) is 7.98. The molecule has 166 valence electrons. The van der Waals surface area contributed by atoms with Crippen LogP contribution in [0.3, 0.4) is 0 Å². The number of halogens is 3. The van der Waals surface area contributed by atoms with Crippen molar-refractivity contribution in [3.05, 3.63) is 59.9 Å². The number of fused-ring (bicyclic) bond motifs is 2. The molecule has 0 N–H and O–H groups in total. The average Bonchev–Trinajstić information content (AvgIpc) is 3.49. The van der Waals surface area contributed by atoms with Gasteiger partial charge in [-0.25, -0.2) is 15.0 Å². The molecule has 2 aromatic heterocycles. The Labute approximate surface area is 181 Å². The van der Waals surface area contributed by atoms with E-state index >= 15 is 0 Å². The molecule has 3 atom stereocenters. The zero-order chi connectivity index (χ0) is 22.5. The van der Waals surface area contributed by atoms with E-state index in [1.54, 1.807) is 6.07 Å². The normalized spacial score (nSPS) is 22.4. The molecule has 4 heterocycles. The summed E-state index contributed by atoms with van der Waals surface area (Å²) < 4.78 is 49.4. The number of rotatable bonds is 4. The van der Waals surface area contributed by atoms with E-state index in [2.05, 4.69) is 15.0 Å². The molecule has 3 unspecified atom stereocenters. The summed E-state index contributed by atoms with van der Waals surface area (Å²) in [5.41, 5.74) is 0.949. The maximum atomic E-state index is 13.6. The number of aromatic nitrogens is 3. The number of ether oxygens (including phenoxy) is 1. The van der Waals surface area contributed by atoms with Crippen molar-refractivity contribution in [2.24, 2.45) is 0 Å². The van der Waals surface area contributed by atoms with Crippen LogP contribution in [0.4, 0.5) is 13.2 Å². The number of amides is 1. The van der Waals surface area contributed by atoms with Crippen molar-refractivity contribution in [1.29, 1.82) is 0 Å². The van der Waals surface area contributed by atoms with Crippen molar-refractivity contribution in [3.63, 3.8) is 0 Å². The number of carbonyl (C=O) groups is 1. The highest BCUT2D eigenvalue weighted by atomic mass is 19.4. The number of carbonyl (C=O) groups excluding carboxylic acids is 1. The number of oxazole rings is 1. The van der Waals surface area contributed by atoms with Crippen molar-refractivity contribution in [1.82, 2.24) is 19.9 Å². The zero-order valence-corrected chi connectivity index (χ0v) is 17.0. The van der Waals surface area contributed by atoms with E-state index in [1.165, 1.54) is 12.5 Å². The van der Waals surface area contributed by atoms with Crippen LogP contribution in [0, 0.1) is 6.92 Å². The van der Waals surface area contributed by atoms with E-state index in [4.69, 9.17) is 9.15 Å². The van der Waals surface area contributed by atoms with Crippen molar-refractivity contribution in [2.75, 3.05) is 0 Å². The summed E-state index contributed by atoms with van der Waals surface area (Å²) in [5, 5.41) is 0. The summed E-state index contributed by atoms with van der Waals surface area (Å²) in [6.45, 7) is 1.89. The van der Waals surface area contributed by atoms with Crippen molar-refractivity contribution in [3.8, 4) is 17.3 Å². The van der Waals surface area contributed by atoms with Gasteiger partial charge in [-0.05, 0) is 31.4 Å². The van der Waals surface area contributed by atoms with Gasteiger partial charge in [0.2, 0.25) is 11.8 Å². The van der Waals surface area contributed by atoms with E-state index in [1.807, 2.05) is 24.0 Å². The summed E-state index contributed by atoms with van der Waals surface area (Å²) in [5.74, 6) is 0.254. The van der Waals surface area contributed by atoms with Crippen LogP contribution in [0.25, 0.3) is 11.5 Å². The van der Waals surface area contributed by atoms with Gasteiger partial charge in [-0.2, -0.15) is 13.2 Å². The molecule has 2 bridgehead atoms. The minimum absolute atomic E-state index is 0.0129. The highest BCUT2D eigenvalue weighted by Gasteiger charge is 2.50. The van der Waals surface area contributed by atoms with Crippen molar-refractivity contribution in [2.45, 2.75) is 50.6 Å². The van der Waals surface area contributed by atoms with Gasteiger partial charge in [0.25, 0.3) is 5.91 Å². The monoisotopic (exact) mass is 444 g/mol. The Morgan fingerprint density at radius 2 is 2.03 bits per heavy atom. The molecular weight excluding hydrogens is 425 g/mol. The van der Waals surface area contributed by atoms with Crippen LogP contribution < -0.4 is 4.74 Å². The second-order valence-corrected chi connectivity index (χ2v) is 7.98. The Morgan fingerprint density at radius 1 is 1.19 bits per heavy atom. The third-order valence-corrected chi connectivity index (χ3v) is 6.05. The molecule has 2 aliphatic heterocycles. The van der Waals surface area contributed by atoms with Crippen LogP contribution in [-0.2, 0) is 6.18 Å². The highest BCUT2D eigenvalue weighted by molar-refractivity contribution is 6.01. The van der Waals surface area contributed by atoms with Crippen LogP contribution >= 0.6 is 0 Å². The Balaban J connectivity index is 1.38. The number of nitrogens with zero attached hydrogens (tertiary/aromatic N) is 4. The van der Waals surface area contributed by atoms with E-state index in [0.29, 0.717) is 29.6 Å². The molecule has 10 heteroatoms. The lowest BCUT2D eigenvalue weighted by molar-refractivity contribution is -0.141. The summed E-state index contributed by atoms with van der Waals surface area (Å²) in [7, 11) is 0. The molecular formula is C22H19F3N4O3. The Bertz CT molecular complexity index is 1130.